The summed E-state index contributed by atoms with van der Waals surface area (Å²) in [7, 11) is 0. The third kappa shape index (κ3) is 4.70. The fourth-order valence-corrected chi connectivity index (χ4v) is 3.01. The van der Waals surface area contributed by atoms with Crippen molar-refractivity contribution >= 4 is 17.5 Å². The van der Waals surface area contributed by atoms with Gasteiger partial charge in [0.1, 0.15) is 5.78 Å². The van der Waals surface area contributed by atoms with Gasteiger partial charge in [0.25, 0.3) is 0 Å². The predicted octanol–water partition coefficient (Wildman–Crippen LogP) is 3.28. The van der Waals surface area contributed by atoms with E-state index in [1.165, 1.54) is 37.9 Å². The standard InChI is InChI=1S/C11H20OS/c1-2-11(12)9-13-8-10-6-4-3-5-7-10/h10H,2-9H2,1H3. The Labute approximate surface area is 85.7 Å². The quantitative estimate of drug-likeness (QED) is 0.677. The van der Waals surface area contributed by atoms with Crippen molar-refractivity contribution in [1.29, 1.82) is 0 Å². The van der Waals surface area contributed by atoms with Crippen molar-refractivity contribution in [2.45, 2.75) is 45.4 Å². The van der Waals surface area contributed by atoms with Crippen LogP contribution in [0.4, 0.5) is 0 Å². The Bertz CT molecular complexity index is 150. The normalized spacial score (nSPS) is 18.8. The molecule has 0 bridgehead atoms. The van der Waals surface area contributed by atoms with Crippen LogP contribution in [0.3, 0.4) is 0 Å². The van der Waals surface area contributed by atoms with Gasteiger partial charge in [0.05, 0.1) is 5.75 Å². The molecule has 1 nitrogen and oxygen atoms in total. The summed E-state index contributed by atoms with van der Waals surface area (Å²) >= 11 is 1.84. The number of carbonyl (C=O) groups excluding carboxylic acids is 1. The fourth-order valence-electron chi connectivity index (χ4n) is 1.80. The molecule has 0 saturated heterocycles. The third-order valence-electron chi connectivity index (χ3n) is 2.74. The summed E-state index contributed by atoms with van der Waals surface area (Å²) in [5.41, 5.74) is 0. The first-order valence-corrected chi connectivity index (χ1v) is 6.58. The van der Waals surface area contributed by atoms with E-state index < -0.39 is 0 Å². The van der Waals surface area contributed by atoms with Crippen LogP contribution in [-0.4, -0.2) is 17.3 Å². The SMILES string of the molecule is CCC(=O)CSCC1CCCCC1. The molecule has 0 unspecified atom stereocenters. The Morgan fingerprint density at radius 3 is 2.62 bits per heavy atom. The van der Waals surface area contributed by atoms with Crippen LogP contribution in [0.2, 0.25) is 0 Å². The van der Waals surface area contributed by atoms with Crippen LogP contribution in [0.5, 0.6) is 0 Å². The largest absolute Gasteiger partial charge is 0.299 e. The Kier molecular flexibility index (Phi) is 5.52. The molecule has 76 valence electrons. The van der Waals surface area contributed by atoms with Gasteiger partial charge in [-0.25, -0.2) is 0 Å². The summed E-state index contributed by atoms with van der Waals surface area (Å²) in [6, 6.07) is 0. The molecule has 1 rings (SSSR count). The summed E-state index contributed by atoms with van der Waals surface area (Å²) in [6.07, 6.45) is 7.74. The van der Waals surface area contributed by atoms with Gasteiger partial charge in [0.15, 0.2) is 0 Å². The first-order valence-electron chi connectivity index (χ1n) is 5.42. The lowest BCUT2D eigenvalue weighted by molar-refractivity contribution is -0.116. The van der Waals surface area contributed by atoms with Gasteiger partial charge in [-0.3, -0.25) is 4.79 Å². The molecule has 0 heterocycles. The van der Waals surface area contributed by atoms with Crippen molar-refractivity contribution < 1.29 is 4.79 Å². The van der Waals surface area contributed by atoms with Gasteiger partial charge in [-0.05, 0) is 24.5 Å². The zero-order valence-corrected chi connectivity index (χ0v) is 9.37. The monoisotopic (exact) mass is 200 g/mol. The molecule has 0 amide bonds. The van der Waals surface area contributed by atoms with Crippen molar-refractivity contribution in [1.82, 2.24) is 0 Å². The van der Waals surface area contributed by atoms with Gasteiger partial charge in [0.2, 0.25) is 0 Å². The molecule has 0 N–H and O–H groups in total. The first-order chi connectivity index (χ1) is 6.33. The first kappa shape index (κ1) is 11.1. The predicted molar refractivity (Wildman–Crippen MR) is 59.2 cm³/mol. The molecule has 0 aromatic rings. The smallest absolute Gasteiger partial charge is 0.142 e. The maximum atomic E-state index is 11.0. The van der Waals surface area contributed by atoms with Crippen molar-refractivity contribution in [3.8, 4) is 0 Å². The fraction of sp³-hybridized carbons (Fsp3) is 0.909. The van der Waals surface area contributed by atoms with E-state index in [0.717, 1.165) is 11.7 Å². The van der Waals surface area contributed by atoms with Gasteiger partial charge in [0, 0.05) is 6.42 Å². The second kappa shape index (κ2) is 6.47. The van der Waals surface area contributed by atoms with Gasteiger partial charge >= 0.3 is 0 Å². The molecule has 0 radical (unpaired) electrons. The minimum Gasteiger partial charge on any atom is -0.299 e. The van der Waals surface area contributed by atoms with Crippen LogP contribution >= 0.6 is 11.8 Å². The van der Waals surface area contributed by atoms with Crippen LogP contribution in [0.1, 0.15) is 45.4 Å². The minimum atomic E-state index is 0.404. The molecular weight excluding hydrogens is 180 g/mol. The average molecular weight is 200 g/mol. The molecule has 0 atom stereocenters. The van der Waals surface area contributed by atoms with E-state index in [1.807, 2.05) is 18.7 Å². The van der Waals surface area contributed by atoms with Crippen LogP contribution in [0.15, 0.2) is 0 Å². The third-order valence-corrected chi connectivity index (χ3v) is 3.97. The highest BCUT2D eigenvalue weighted by molar-refractivity contribution is 7.99. The van der Waals surface area contributed by atoms with Crippen molar-refractivity contribution in [2.75, 3.05) is 11.5 Å². The van der Waals surface area contributed by atoms with Crippen LogP contribution < -0.4 is 0 Å². The number of hydrogen-bond acceptors (Lipinski definition) is 2. The van der Waals surface area contributed by atoms with Crippen molar-refractivity contribution in [3.63, 3.8) is 0 Å². The zero-order valence-electron chi connectivity index (χ0n) is 8.55. The van der Waals surface area contributed by atoms with Gasteiger partial charge in [-0.2, -0.15) is 11.8 Å². The lowest BCUT2D eigenvalue weighted by Crippen LogP contribution is -2.10. The Morgan fingerprint density at radius 2 is 2.00 bits per heavy atom. The molecule has 2 heteroatoms. The van der Waals surface area contributed by atoms with Crippen LogP contribution in [0, 0.1) is 5.92 Å². The van der Waals surface area contributed by atoms with Crippen LogP contribution in [-0.2, 0) is 4.79 Å². The van der Waals surface area contributed by atoms with E-state index in [4.69, 9.17) is 0 Å². The van der Waals surface area contributed by atoms with E-state index in [2.05, 4.69) is 0 Å². The number of hydrogen-bond donors (Lipinski definition) is 0. The molecular formula is C11H20OS. The molecule has 1 aliphatic rings. The molecule has 1 aliphatic carbocycles. The Morgan fingerprint density at radius 1 is 1.31 bits per heavy atom. The molecule has 0 aromatic heterocycles. The van der Waals surface area contributed by atoms with Crippen molar-refractivity contribution in [2.24, 2.45) is 5.92 Å². The molecule has 1 saturated carbocycles. The number of Topliss-reactive ketones (excluding diaryl/α,β-unsaturated/α-hetero) is 1. The average Bonchev–Trinajstić information content (AvgIpc) is 2.19. The minimum absolute atomic E-state index is 0.404. The van der Waals surface area contributed by atoms with E-state index in [1.54, 1.807) is 0 Å². The van der Waals surface area contributed by atoms with E-state index in [0.29, 0.717) is 12.2 Å². The molecule has 0 spiro atoms. The summed E-state index contributed by atoms with van der Waals surface area (Å²) in [4.78, 5) is 11.0. The summed E-state index contributed by atoms with van der Waals surface area (Å²) < 4.78 is 0. The van der Waals surface area contributed by atoms with Gasteiger partial charge in [-0.15, -0.1) is 0 Å². The highest BCUT2D eigenvalue weighted by Crippen LogP contribution is 2.26. The number of rotatable bonds is 5. The van der Waals surface area contributed by atoms with E-state index in [-0.39, 0.29) is 0 Å². The van der Waals surface area contributed by atoms with Crippen LogP contribution in [0.25, 0.3) is 0 Å². The summed E-state index contributed by atoms with van der Waals surface area (Å²) in [6.45, 7) is 1.95. The highest BCUT2D eigenvalue weighted by Gasteiger charge is 2.13. The van der Waals surface area contributed by atoms with Gasteiger partial charge in [-0.1, -0.05) is 26.2 Å². The second-order valence-corrected chi connectivity index (χ2v) is 4.94. The number of thioether (sulfide) groups is 1. The Hall–Kier alpha value is 0.0200. The maximum Gasteiger partial charge on any atom is 0.142 e. The lowest BCUT2D eigenvalue weighted by Gasteiger charge is -2.20. The second-order valence-electron chi connectivity index (χ2n) is 3.91. The molecule has 0 aromatic carbocycles. The van der Waals surface area contributed by atoms with Crippen molar-refractivity contribution in [3.05, 3.63) is 0 Å². The lowest BCUT2D eigenvalue weighted by atomic mass is 9.91. The molecule has 13 heavy (non-hydrogen) atoms. The molecule has 0 aliphatic heterocycles. The highest BCUT2D eigenvalue weighted by atomic mass is 32.2. The molecule has 1 fully saturated rings. The topological polar surface area (TPSA) is 17.1 Å². The maximum absolute atomic E-state index is 11.0. The Balaban J connectivity index is 2.01. The zero-order chi connectivity index (χ0) is 9.52. The summed E-state index contributed by atoms with van der Waals surface area (Å²) in [5.74, 6) is 3.27. The van der Waals surface area contributed by atoms with Gasteiger partial charge < -0.3 is 0 Å². The van der Waals surface area contributed by atoms with E-state index >= 15 is 0 Å². The number of carbonyl (C=O) groups is 1. The number of ketones is 1. The summed E-state index contributed by atoms with van der Waals surface area (Å²) in [5, 5.41) is 0. The van der Waals surface area contributed by atoms with E-state index in [9.17, 15) is 4.79 Å².